The number of nitrogens with zero attached hydrogens (tertiary/aromatic N) is 2. The Morgan fingerprint density at radius 2 is 2.08 bits per heavy atom. The highest BCUT2D eigenvalue weighted by molar-refractivity contribution is 7.15. The second kappa shape index (κ2) is 6.90. The minimum absolute atomic E-state index is 0.203. The second-order valence-electron chi connectivity index (χ2n) is 5.36. The summed E-state index contributed by atoms with van der Waals surface area (Å²) in [5, 5.41) is 7.10. The van der Waals surface area contributed by atoms with Gasteiger partial charge in [-0.15, -0.1) is 10.2 Å². The lowest BCUT2D eigenvalue weighted by molar-refractivity contribution is -0.142. The molecule has 0 spiro atoms. The number of rotatable bonds is 4. The fourth-order valence-electron chi connectivity index (χ4n) is 2.56. The summed E-state index contributed by atoms with van der Waals surface area (Å²) in [5.74, 6) is -1.77. The largest absolute Gasteiger partial charge is 0.496 e. The first kappa shape index (κ1) is 18.1. The van der Waals surface area contributed by atoms with Crippen LogP contribution in [0.3, 0.4) is 0 Å². The molecule has 0 saturated carbocycles. The van der Waals surface area contributed by atoms with E-state index in [4.69, 9.17) is 9.47 Å². The van der Waals surface area contributed by atoms with Crippen LogP contribution in [0.4, 0.5) is 18.3 Å². The molecule has 1 N–H and O–H groups in total. The van der Waals surface area contributed by atoms with Crippen molar-refractivity contribution in [3.8, 4) is 5.75 Å². The van der Waals surface area contributed by atoms with Crippen LogP contribution >= 0.6 is 11.3 Å². The molecule has 1 amide bonds. The van der Waals surface area contributed by atoms with Gasteiger partial charge in [0, 0.05) is 5.56 Å². The molecule has 11 heteroatoms. The van der Waals surface area contributed by atoms with Crippen LogP contribution in [0.2, 0.25) is 0 Å². The summed E-state index contributed by atoms with van der Waals surface area (Å²) in [5.41, 5.74) is 0.495. The van der Waals surface area contributed by atoms with E-state index in [2.05, 4.69) is 15.5 Å². The second-order valence-corrected chi connectivity index (χ2v) is 6.34. The van der Waals surface area contributed by atoms with E-state index in [1.165, 1.54) is 7.11 Å². The van der Waals surface area contributed by atoms with Crippen LogP contribution in [-0.2, 0) is 20.5 Å². The van der Waals surface area contributed by atoms with Gasteiger partial charge in [0.2, 0.25) is 16.0 Å². The SMILES string of the molecule is COc1ccccc1C1OC(=O)CC1C(=O)Nc1nnc(C(F)(F)F)s1. The molecule has 0 bridgehead atoms. The summed E-state index contributed by atoms with van der Waals surface area (Å²) in [4.78, 5) is 24.2. The van der Waals surface area contributed by atoms with Gasteiger partial charge in [-0.1, -0.05) is 29.5 Å². The quantitative estimate of drug-likeness (QED) is 0.812. The van der Waals surface area contributed by atoms with Crippen molar-refractivity contribution >= 4 is 28.3 Å². The van der Waals surface area contributed by atoms with E-state index in [0.29, 0.717) is 11.3 Å². The van der Waals surface area contributed by atoms with Crippen molar-refractivity contribution in [1.29, 1.82) is 0 Å². The lowest BCUT2D eigenvalue weighted by Crippen LogP contribution is -2.25. The van der Waals surface area contributed by atoms with Crippen LogP contribution in [0.25, 0.3) is 0 Å². The highest BCUT2D eigenvalue weighted by atomic mass is 32.1. The van der Waals surface area contributed by atoms with E-state index in [1.54, 1.807) is 24.3 Å². The number of hydrogen-bond acceptors (Lipinski definition) is 7. The van der Waals surface area contributed by atoms with Crippen molar-refractivity contribution in [2.24, 2.45) is 5.92 Å². The van der Waals surface area contributed by atoms with Crippen LogP contribution in [-0.4, -0.2) is 29.2 Å². The summed E-state index contributed by atoms with van der Waals surface area (Å²) >= 11 is 0.203. The first-order chi connectivity index (χ1) is 12.3. The Morgan fingerprint density at radius 3 is 2.73 bits per heavy atom. The molecule has 1 aromatic heterocycles. The van der Waals surface area contributed by atoms with Gasteiger partial charge < -0.3 is 14.8 Å². The average molecular weight is 387 g/mol. The maximum Gasteiger partial charge on any atom is 0.445 e. The van der Waals surface area contributed by atoms with Crippen LogP contribution in [0.1, 0.15) is 23.1 Å². The van der Waals surface area contributed by atoms with Crippen LogP contribution < -0.4 is 10.1 Å². The maximum atomic E-state index is 12.6. The molecule has 0 radical (unpaired) electrons. The van der Waals surface area contributed by atoms with Crippen molar-refractivity contribution in [2.75, 3.05) is 12.4 Å². The number of amides is 1. The van der Waals surface area contributed by atoms with Crippen LogP contribution in [0.15, 0.2) is 24.3 Å². The third-order valence-corrected chi connectivity index (χ3v) is 4.57. The smallest absolute Gasteiger partial charge is 0.445 e. The highest BCUT2D eigenvalue weighted by Crippen LogP contribution is 2.40. The first-order valence-electron chi connectivity index (χ1n) is 7.33. The molecule has 2 unspecified atom stereocenters. The molecule has 2 heterocycles. The van der Waals surface area contributed by atoms with Gasteiger partial charge in [-0.25, -0.2) is 0 Å². The van der Waals surface area contributed by atoms with Gasteiger partial charge >= 0.3 is 12.1 Å². The van der Waals surface area contributed by atoms with Gasteiger partial charge in [0.1, 0.15) is 11.9 Å². The van der Waals surface area contributed by atoms with Gasteiger partial charge in [0.05, 0.1) is 19.4 Å². The molecular formula is C15H12F3N3O4S. The number of hydrogen-bond donors (Lipinski definition) is 1. The molecule has 7 nitrogen and oxygen atoms in total. The number of benzene rings is 1. The number of methoxy groups -OCH3 is 1. The summed E-state index contributed by atoms with van der Waals surface area (Å²) in [6, 6.07) is 6.71. The summed E-state index contributed by atoms with van der Waals surface area (Å²) < 4.78 is 48.2. The van der Waals surface area contributed by atoms with Crippen molar-refractivity contribution in [3.05, 3.63) is 34.8 Å². The number of halogens is 3. The van der Waals surface area contributed by atoms with Gasteiger partial charge in [0.15, 0.2) is 0 Å². The number of nitrogens with one attached hydrogen (secondary N) is 1. The number of aromatic nitrogens is 2. The third-order valence-electron chi connectivity index (χ3n) is 3.69. The van der Waals surface area contributed by atoms with Gasteiger partial charge in [-0.2, -0.15) is 13.2 Å². The number of ether oxygens (including phenoxy) is 2. The first-order valence-corrected chi connectivity index (χ1v) is 8.15. The lowest BCUT2D eigenvalue weighted by atomic mass is 9.94. The number of esters is 1. The number of cyclic esters (lactones) is 1. The maximum absolute atomic E-state index is 12.6. The molecule has 26 heavy (non-hydrogen) atoms. The molecule has 2 aromatic rings. The van der Waals surface area contributed by atoms with Crippen molar-refractivity contribution in [2.45, 2.75) is 18.7 Å². The van der Waals surface area contributed by atoms with E-state index in [9.17, 15) is 22.8 Å². The normalized spacial score (nSPS) is 19.9. The number of carbonyl (C=O) groups is 2. The fraction of sp³-hybridized carbons (Fsp3) is 0.333. The molecular weight excluding hydrogens is 375 g/mol. The van der Waals surface area contributed by atoms with E-state index >= 15 is 0 Å². The number of alkyl halides is 3. The number of anilines is 1. The third kappa shape index (κ3) is 3.62. The van der Waals surface area contributed by atoms with E-state index in [-0.39, 0.29) is 22.9 Å². The molecule has 1 aliphatic rings. The standard InChI is InChI=1S/C15H12F3N3O4S/c1-24-9-5-3-2-4-7(9)11-8(6-10(22)25-11)12(23)19-14-21-20-13(26-14)15(16,17)18/h2-5,8,11H,6H2,1H3,(H,19,21,23). The van der Waals surface area contributed by atoms with Crippen LogP contribution in [0.5, 0.6) is 5.75 Å². The molecule has 3 rings (SSSR count). The Labute approximate surface area is 149 Å². The van der Waals surface area contributed by atoms with Crippen molar-refractivity contribution < 1.29 is 32.2 Å². The van der Waals surface area contributed by atoms with E-state index in [0.717, 1.165) is 0 Å². The Balaban J connectivity index is 1.81. The Kier molecular flexibility index (Phi) is 4.81. The topological polar surface area (TPSA) is 90.4 Å². The van der Waals surface area contributed by atoms with Gasteiger partial charge in [-0.3, -0.25) is 9.59 Å². The predicted molar refractivity (Wildman–Crippen MR) is 83.5 cm³/mol. The molecule has 0 aliphatic carbocycles. The molecule has 138 valence electrons. The zero-order chi connectivity index (χ0) is 18.9. The Morgan fingerprint density at radius 1 is 1.35 bits per heavy atom. The fourth-order valence-corrected chi connectivity index (χ4v) is 3.17. The van der Waals surface area contributed by atoms with Gasteiger partial charge in [0.25, 0.3) is 0 Å². The minimum atomic E-state index is -4.65. The Bertz CT molecular complexity index is 840. The zero-order valence-corrected chi connectivity index (χ0v) is 14.1. The molecule has 1 saturated heterocycles. The van der Waals surface area contributed by atoms with Gasteiger partial charge in [-0.05, 0) is 6.07 Å². The lowest BCUT2D eigenvalue weighted by Gasteiger charge is -2.19. The Hall–Kier alpha value is -2.69. The molecule has 1 aliphatic heterocycles. The zero-order valence-electron chi connectivity index (χ0n) is 13.2. The van der Waals surface area contributed by atoms with Crippen molar-refractivity contribution in [1.82, 2.24) is 10.2 Å². The van der Waals surface area contributed by atoms with E-state index < -0.39 is 35.1 Å². The number of carbonyl (C=O) groups excluding carboxylic acids is 2. The van der Waals surface area contributed by atoms with Crippen molar-refractivity contribution in [3.63, 3.8) is 0 Å². The van der Waals surface area contributed by atoms with E-state index in [1.807, 2.05) is 0 Å². The predicted octanol–water partition coefficient (Wildman–Crippen LogP) is 2.81. The molecule has 1 fully saturated rings. The minimum Gasteiger partial charge on any atom is -0.496 e. The number of para-hydroxylation sites is 1. The molecule has 2 atom stereocenters. The summed E-state index contributed by atoms with van der Waals surface area (Å²) in [7, 11) is 1.44. The summed E-state index contributed by atoms with van der Waals surface area (Å²) in [6.45, 7) is 0. The molecule has 1 aromatic carbocycles. The summed E-state index contributed by atoms with van der Waals surface area (Å²) in [6.07, 6.45) is -5.76. The monoisotopic (exact) mass is 387 g/mol. The highest BCUT2D eigenvalue weighted by Gasteiger charge is 2.43. The average Bonchev–Trinajstić information content (AvgIpc) is 3.21. The van der Waals surface area contributed by atoms with Crippen LogP contribution in [0, 0.1) is 5.92 Å².